The first kappa shape index (κ1) is 32.9. The summed E-state index contributed by atoms with van der Waals surface area (Å²) in [4.78, 5) is 10.3. The summed E-state index contributed by atoms with van der Waals surface area (Å²) >= 11 is 0. The van der Waals surface area contributed by atoms with Gasteiger partial charge in [-0.2, -0.15) is 0 Å². The molecular weight excluding hydrogens is 554 g/mol. The highest BCUT2D eigenvalue weighted by molar-refractivity contribution is 5.86. The Labute approximate surface area is 253 Å². The summed E-state index contributed by atoms with van der Waals surface area (Å²) in [7, 11) is 0. The van der Waals surface area contributed by atoms with E-state index in [1.807, 2.05) is 0 Å². The van der Waals surface area contributed by atoms with Crippen LogP contribution >= 0.6 is 0 Å². The van der Waals surface area contributed by atoms with Gasteiger partial charge in [-0.15, -0.1) is 0 Å². The minimum atomic E-state index is -0.991. The largest absolute Gasteiger partial charge is 0.491 e. The number of carboxylic acids is 1. The monoisotopic (exact) mass is 599 g/mol. The fourth-order valence-corrected chi connectivity index (χ4v) is 4.93. The highest BCUT2D eigenvalue weighted by atomic mass is 16.6. The van der Waals surface area contributed by atoms with E-state index in [4.69, 9.17) is 38.3 Å². The zero-order valence-corrected chi connectivity index (χ0v) is 25.3. The second-order valence-corrected chi connectivity index (χ2v) is 10.8. The van der Waals surface area contributed by atoms with Crippen LogP contribution in [0.25, 0.3) is 10.8 Å². The number of aliphatic carboxylic acids is 1. The lowest BCUT2D eigenvalue weighted by Gasteiger charge is -2.23. The van der Waals surface area contributed by atoms with E-state index in [1.165, 1.54) is 21.9 Å². The molecule has 0 bridgehead atoms. The number of allylic oxidation sites excluding steroid dienone is 1. The molecule has 0 saturated heterocycles. The van der Waals surface area contributed by atoms with E-state index >= 15 is 0 Å². The molecule has 2 atom stereocenters. The molecule has 2 aliphatic carbocycles. The minimum Gasteiger partial charge on any atom is -0.491 e. The molecule has 236 valence electrons. The van der Waals surface area contributed by atoms with Crippen LogP contribution in [-0.4, -0.2) is 103 Å². The zero-order valence-electron chi connectivity index (χ0n) is 25.3. The van der Waals surface area contributed by atoms with Crippen LogP contribution in [0.15, 0.2) is 59.9 Å². The number of fused-ring (bicyclic) bond motifs is 2. The first-order chi connectivity index (χ1) is 20.9. The molecule has 10 nitrogen and oxygen atoms in total. The molecule has 43 heavy (non-hydrogen) atoms. The van der Waals surface area contributed by atoms with E-state index in [1.54, 1.807) is 0 Å². The van der Waals surface area contributed by atoms with Gasteiger partial charge in [-0.1, -0.05) is 35.9 Å². The topological polar surface area (TPSA) is 114 Å². The summed E-state index contributed by atoms with van der Waals surface area (Å²) in [6.07, 6.45) is 5.63. The van der Waals surface area contributed by atoms with E-state index in [0.717, 1.165) is 17.9 Å². The van der Waals surface area contributed by atoms with Crippen LogP contribution < -0.4 is 5.32 Å². The van der Waals surface area contributed by atoms with Gasteiger partial charge < -0.3 is 43.6 Å². The standard InChI is InChI=1S/C33H45NO9/c1-25-3-4-28-21-30(6-5-27(28)19-25)34-33-22-29(33)20-26(2)31(23-33)43-18-17-41-14-13-39-10-9-37-7-8-38-11-12-40-15-16-42-24-32(35)36/h3-6,19-21,23,29,34H,7-18,22,24H2,1-2H3,(H,35,36). The van der Waals surface area contributed by atoms with Gasteiger partial charge in [-0.05, 0) is 54.8 Å². The van der Waals surface area contributed by atoms with Gasteiger partial charge in [0.05, 0.1) is 78.2 Å². The number of hydrogen-bond donors (Lipinski definition) is 2. The summed E-state index contributed by atoms with van der Waals surface area (Å²) in [5.41, 5.74) is 3.50. The van der Waals surface area contributed by atoms with Crippen LogP contribution in [0.1, 0.15) is 18.9 Å². The second kappa shape index (κ2) is 17.3. The fraction of sp³-hybridized carbons (Fsp3) is 0.545. The number of carbonyl (C=O) groups is 1. The molecule has 2 aliphatic rings. The van der Waals surface area contributed by atoms with Crippen LogP contribution in [0, 0.1) is 12.8 Å². The maximum atomic E-state index is 10.3. The average Bonchev–Trinajstić information content (AvgIpc) is 3.67. The molecule has 2 N–H and O–H groups in total. The molecule has 0 aromatic heterocycles. The number of nitrogens with one attached hydrogen (secondary N) is 1. The molecule has 0 spiro atoms. The fourth-order valence-electron chi connectivity index (χ4n) is 4.93. The van der Waals surface area contributed by atoms with E-state index in [0.29, 0.717) is 78.6 Å². The maximum absolute atomic E-state index is 10.3. The lowest BCUT2D eigenvalue weighted by atomic mass is 10.0. The molecule has 1 fully saturated rings. The van der Waals surface area contributed by atoms with Crippen molar-refractivity contribution in [3.63, 3.8) is 0 Å². The van der Waals surface area contributed by atoms with E-state index in [-0.39, 0.29) is 18.8 Å². The summed E-state index contributed by atoms with van der Waals surface area (Å²) < 4.78 is 38.3. The summed E-state index contributed by atoms with van der Waals surface area (Å²) in [5, 5.41) is 14.7. The van der Waals surface area contributed by atoms with Crippen molar-refractivity contribution in [3.8, 4) is 0 Å². The molecule has 4 rings (SSSR count). The molecular formula is C33H45NO9. The third-order valence-corrected chi connectivity index (χ3v) is 7.23. The Morgan fingerprint density at radius 3 is 1.91 bits per heavy atom. The van der Waals surface area contributed by atoms with Crippen molar-refractivity contribution in [1.82, 2.24) is 0 Å². The number of hydrogen-bond acceptors (Lipinski definition) is 9. The van der Waals surface area contributed by atoms with Crippen molar-refractivity contribution in [2.75, 3.05) is 91.2 Å². The number of benzene rings is 2. The first-order valence-electron chi connectivity index (χ1n) is 15.0. The second-order valence-electron chi connectivity index (χ2n) is 10.8. The Balaban J connectivity index is 0.981. The molecule has 2 aromatic carbocycles. The van der Waals surface area contributed by atoms with Crippen LogP contribution in [0.4, 0.5) is 5.69 Å². The van der Waals surface area contributed by atoms with Crippen molar-refractivity contribution >= 4 is 22.4 Å². The van der Waals surface area contributed by atoms with Crippen molar-refractivity contribution < 1.29 is 43.1 Å². The highest BCUT2D eigenvalue weighted by Crippen LogP contribution is 2.52. The molecule has 1 saturated carbocycles. The minimum absolute atomic E-state index is 0.0775. The molecule has 0 heterocycles. The summed E-state index contributed by atoms with van der Waals surface area (Å²) in [6, 6.07) is 13.1. The van der Waals surface area contributed by atoms with Gasteiger partial charge in [0.1, 0.15) is 19.0 Å². The first-order valence-corrected chi connectivity index (χ1v) is 15.0. The van der Waals surface area contributed by atoms with Crippen LogP contribution in [0.5, 0.6) is 0 Å². The van der Waals surface area contributed by atoms with Crippen molar-refractivity contribution in [3.05, 3.63) is 65.4 Å². The lowest BCUT2D eigenvalue weighted by molar-refractivity contribution is -0.142. The summed E-state index contributed by atoms with van der Waals surface area (Å²) in [6.45, 7) is 9.24. The Hall–Kier alpha value is -2.99. The van der Waals surface area contributed by atoms with Crippen molar-refractivity contribution in [2.24, 2.45) is 5.92 Å². The van der Waals surface area contributed by atoms with Crippen LogP contribution in [-0.2, 0) is 38.0 Å². The maximum Gasteiger partial charge on any atom is 0.329 e. The smallest absolute Gasteiger partial charge is 0.329 e. The third kappa shape index (κ3) is 11.2. The van der Waals surface area contributed by atoms with Crippen molar-refractivity contribution in [1.29, 1.82) is 0 Å². The molecule has 0 amide bonds. The van der Waals surface area contributed by atoms with Crippen LogP contribution in [0.2, 0.25) is 0 Å². The SMILES string of the molecule is CC1=CC2CC2(Nc2ccc3cc(C)ccc3c2)C=C1OCCOCCOCCOCCOCCOCCOCC(=O)O. The predicted molar refractivity (Wildman–Crippen MR) is 163 cm³/mol. The zero-order chi connectivity index (χ0) is 30.3. The van der Waals surface area contributed by atoms with Gasteiger partial charge in [0, 0.05) is 11.6 Å². The Bertz CT molecular complexity index is 1230. The Morgan fingerprint density at radius 2 is 1.30 bits per heavy atom. The number of rotatable bonds is 23. The van der Waals surface area contributed by atoms with Gasteiger partial charge in [0.2, 0.25) is 0 Å². The number of aryl methyl sites for hydroxylation is 1. The van der Waals surface area contributed by atoms with Gasteiger partial charge in [0.15, 0.2) is 0 Å². The number of ether oxygens (including phenoxy) is 7. The van der Waals surface area contributed by atoms with Gasteiger partial charge in [-0.3, -0.25) is 0 Å². The molecule has 2 unspecified atom stereocenters. The average molecular weight is 600 g/mol. The molecule has 0 radical (unpaired) electrons. The van der Waals surface area contributed by atoms with Crippen LogP contribution in [0.3, 0.4) is 0 Å². The molecule has 10 heteroatoms. The number of anilines is 1. The van der Waals surface area contributed by atoms with E-state index in [9.17, 15) is 4.79 Å². The van der Waals surface area contributed by atoms with Gasteiger partial charge in [0.25, 0.3) is 0 Å². The Morgan fingerprint density at radius 1 is 0.767 bits per heavy atom. The number of carboxylic acid groups (broad SMARTS) is 1. The predicted octanol–water partition coefficient (Wildman–Crippen LogP) is 4.36. The molecule has 0 aliphatic heterocycles. The summed E-state index contributed by atoms with van der Waals surface area (Å²) in [5.74, 6) is 0.423. The van der Waals surface area contributed by atoms with Gasteiger partial charge >= 0.3 is 5.97 Å². The highest BCUT2D eigenvalue weighted by Gasteiger charge is 2.53. The Kier molecular flexibility index (Phi) is 13.3. The van der Waals surface area contributed by atoms with Gasteiger partial charge in [-0.25, -0.2) is 4.79 Å². The van der Waals surface area contributed by atoms with E-state index in [2.05, 4.69) is 67.7 Å². The quantitative estimate of drug-likeness (QED) is 0.179. The normalized spacial score (nSPS) is 19.1. The lowest BCUT2D eigenvalue weighted by Crippen LogP contribution is -2.24. The van der Waals surface area contributed by atoms with E-state index < -0.39 is 5.97 Å². The van der Waals surface area contributed by atoms with Crippen molar-refractivity contribution in [2.45, 2.75) is 25.8 Å². The third-order valence-electron chi connectivity index (χ3n) is 7.23. The molecule has 2 aromatic rings.